The number of anilines is 1. The number of unbranched alkanes of at least 4 members (excludes halogenated alkanes) is 2. The summed E-state index contributed by atoms with van der Waals surface area (Å²) in [6.45, 7) is 5.34. The molecular formula is C28H38N4O2. The molecule has 2 aliphatic rings. The Hall–Kier alpha value is -2.86. The molecule has 1 saturated heterocycles. The van der Waals surface area contributed by atoms with Crippen LogP contribution in [-0.2, 0) is 11.2 Å². The highest BCUT2D eigenvalue weighted by atomic mass is 16.5. The van der Waals surface area contributed by atoms with Crippen molar-refractivity contribution in [1.82, 2.24) is 5.32 Å². The number of nitrogens with zero attached hydrogens (tertiary/aromatic N) is 1. The lowest BCUT2D eigenvalue weighted by Gasteiger charge is -2.39. The molecule has 0 saturated carbocycles. The van der Waals surface area contributed by atoms with E-state index in [9.17, 15) is 4.79 Å². The smallest absolute Gasteiger partial charge is 0.268 e. The maximum Gasteiger partial charge on any atom is 0.268 e. The first kappa shape index (κ1) is 24.3. The van der Waals surface area contributed by atoms with E-state index in [0.29, 0.717) is 24.6 Å². The van der Waals surface area contributed by atoms with Crippen molar-refractivity contribution in [3.05, 3.63) is 59.7 Å². The van der Waals surface area contributed by atoms with Gasteiger partial charge in [-0.3, -0.25) is 10.2 Å². The average molecular weight is 463 g/mol. The molecule has 1 fully saturated rings. The standard InChI is InChI=1S/C28H38N4O2/c1-20-10-9-16-28(2,31-20)15-6-3-7-17-32-23-13-4-5-14-24(23)34-25(27(32)33)19-21-11-8-12-22(18-21)26(29)30/h4-5,8,11-14,18,20,25,31H,3,6-7,9-10,15-17,19H2,1-2H3,(H3,29,30)/t20-,25?,28+/m0/s1. The van der Waals surface area contributed by atoms with Gasteiger partial charge in [-0.15, -0.1) is 0 Å². The lowest BCUT2D eigenvalue weighted by Crippen LogP contribution is -2.50. The van der Waals surface area contributed by atoms with Gasteiger partial charge in [-0.05, 0) is 63.3 Å². The minimum Gasteiger partial charge on any atom is -0.478 e. The molecule has 4 N–H and O–H groups in total. The minimum atomic E-state index is -0.580. The second-order valence-corrected chi connectivity index (χ2v) is 10.2. The summed E-state index contributed by atoms with van der Waals surface area (Å²) >= 11 is 0. The molecule has 0 aliphatic carbocycles. The Morgan fingerprint density at radius 3 is 2.82 bits per heavy atom. The quantitative estimate of drug-likeness (QED) is 0.284. The van der Waals surface area contributed by atoms with Gasteiger partial charge < -0.3 is 20.7 Å². The maximum atomic E-state index is 13.4. The van der Waals surface area contributed by atoms with Gasteiger partial charge >= 0.3 is 0 Å². The van der Waals surface area contributed by atoms with Gasteiger partial charge in [0.05, 0.1) is 5.69 Å². The first-order valence-corrected chi connectivity index (χ1v) is 12.6. The van der Waals surface area contributed by atoms with Crippen LogP contribution >= 0.6 is 0 Å². The van der Waals surface area contributed by atoms with Crippen molar-refractivity contribution in [3.8, 4) is 5.75 Å². The van der Waals surface area contributed by atoms with E-state index in [1.807, 2.05) is 47.4 Å². The van der Waals surface area contributed by atoms with Crippen molar-refractivity contribution in [3.63, 3.8) is 0 Å². The number of nitrogens with one attached hydrogen (secondary N) is 2. The molecule has 0 radical (unpaired) electrons. The molecule has 1 amide bonds. The fraction of sp³-hybridized carbons (Fsp3) is 0.500. The van der Waals surface area contributed by atoms with Crippen LogP contribution in [0.25, 0.3) is 0 Å². The van der Waals surface area contributed by atoms with Gasteiger partial charge in [-0.1, -0.05) is 49.6 Å². The van der Waals surface area contributed by atoms with Crippen LogP contribution in [0, 0.1) is 5.41 Å². The van der Waals surface area contributed by atoms with Gasteiger partial charge in [0.2, 0.25) is 0 Å². The summed E-state index contributed by atoms with van der Waals surface area (Å²) in [5.74, 6) is 0.779. The summed E-state index contributed by atoms with van der Waals surface area (Å²) in [7, 11) is 0. The van der Waals surface area contributed by atoms with Crippen LogP contribution in [0.3, 0.4) is 0 Å². The molecule has 2 aromatic carbocycles. The SMILES string of the molecule is C[C@H]1CCC[C@@](C)(CCCCCN2C(=O)C(Cc3cccc(C(=N)N)c3)Oc3ccccc32)N1. The van der Waals surface area contributed by atoms with Gasteiger partial charge in [0, 0.05) is 30.1 Å². The number of nitrogens with two attached hydrogens (primary N) is 1. The number of hydrogen-bond acceptors (Lipinski definition) is 4. The Labute approximate surface area is 203 Å². The Balaban J connectivity index is 1.37. The topological polar surface area (TPSA) is 91.4 Å². The summed E-state index contributed by atoms with van der Waals surface area (Å²) < 4.78 is 6.12. The normalized spacial score (nSPS) is 24.4. The number of fused-ring (bicyclic) bond motifs is 1. The molecule has 182 valence electrons. The molecule has 2 aliphatic heterocycles. The molecular weight excluding hydrogens is 424 g/mol. The van der Waals surface area contributed by atoms with Gasteiger partial charge in [0.15, 0.2) is 6.10 Å². The van der Waals surface area contributed by atoms with Crippen LogP contribution in [0.5, 0.6) is 5.75 Å². The molecule has 4 rings (SSSR count). The number of carbonyl (C=O) groups is 1. The number of benzene rings is 2. The van der Waals surface area contributed by atoms with E-state index in [1.165, 1.54) is 25.7 Å². The molecule has 6 nitrogen and oxygen atoms in total. The molecule has 2 aromatic rings. The first-order valence-electron chi connectivity index (χ1n) is 12.6. The number of ether oxygens (including phenoxy) is 1. The molecule has 0 bridgehead atoms. The van der Waals surface area contributed by atoms with Crippen LogP contribution in [0.2, 0.25) is 0 Å². The van der Waals surface area contributed by atoms with Crippen LogP contribution in [0.1, 0.15) is 69.9 Å². The number of amidine groups is 1. The number of nitrogen functional groups attached to an aromatic ring is 1. The molecule has 6 heteroatoms. The summed E-state index contributed by atoms with van der Waals surface area (Å²) in [4.78, 5) is 15.3. The second kappa shape index (κ2) is 10.6. The first-order chi connectivity index (χ1) is 16.3. The number of rotatable bonds is 9. The van der Waals surface area contributed by atoms with E-state index in [4.69, 9.17) is 15.9 Å². The van der Waals surface area contributed by atoms with E-state index in [-0.39, 0.29) is 17.3 Å². The van der Waals surface area contributed by atoms with Crippen molar-refractivity contribution in [2.24, 2.45) is 5.73 Å². The molecule has 34 heavy (non-hydrogen) atoms. The third-order valence-electron chi connectivity index (χ3n) is 7.20. The molecule has 0 spiro atoms. The van der Waals surface area contributed by atoms with Crippen LogP contribution in [0.4, 0.5) is 5.69 Å². The summed E-state index contributed by atoms with van der Waals surface area (Å²) in [6.07, 6.45) is 8.12. The van der Waals surface area contributed by atoms with E-state index in [0.717, 1.165) is 36.3 Å². The zero-order valence-electron chi connectivity index (χ0n) is 20.5. The minimum absolute atomic E-state index is 0.00154. The molecule has 1 unspecified atom stereocenters. The van der Waals surface area contributed by atoms with Crippen molar-refractivity contribution in [2.45, 2.75) is 82.9 Å². The Kier molecular flexibility index (Phi) is 7.57. The Morgan fingerprint density at radius 2 is 2.03 bits per heavy atom. The number of para-hydroxylation sites is 2. The predicted molar refractivity (Wildman–Crippen MR) is 138 cm³/mol. The number of hydrogen-bond donors (Lipinski definition) is 3. The van der Waals surface area contributed by atoms with E-state index in [2.05, 4.69) is 19.2 Å². The zero-order chi connectivity index (χ0) is 24.1. The maximum absolute atomic E-state index is 13.4. The summed E-state index contributed by atoms with van der Waals surface area (Å²) in [6, 6.07) is 15.9. The predicted octanol–water partition coefficient (Wildman–Crippen LogP) is 4.79. The van der Waals surface area contributed by atoms with Crippen LogP contribution in [-0.4, -0.2) is 36.0 Å². The van der Waals surface area contributed by atoms with E-state index in [1.54, 1.807) is 6.07 Å². The van der Waals surface area contributed by atoms with E-state index < -0.39 is 6.10 Å². The largest absolute Gasteiger partial charge is 0.478 e. The monoisotopic (exact) mass is 462 g/mol. The zero-order valence-corrected chi connectivity index (χ0v) is 20.5. The summed E-state index contributed by atoms with van der Waals surface area (Å²) in [5, 5.41) is 11.5. The van der Waals surface area contributed by atoms with E-state index >= 15 is 0 Å². The Morgan fingerprint density at radius 1 is 1.21 bits per heavy atom. The molecule has 3 atom stereocenters. The van der Waals surface area contributed by atoms with Crippen molar-refractivity contribution >= 4 is 17.4 Å². The average Bonchev–Trinajstić information content (AvgIpc) is 2.81. The Bertz CT molecular complexity index is 1020. The van der Waals surface area contributed by atoms with Crippen LogP contribution < -0.4 is 20.7 Å². The lowest BCUT2D eigenvalue weighted by molar-refractivity contribution is -0.126. The molecule has 0 aromatic heterocycles. The van der Waals surface area contributed by atoms with Crippen molar-refractivity contribution in [1.29, 1.82) is 5.41 Å². The number of carbonyl (C=O) groups excluding carboxylic acids is 1. The lowest BCUT2D eigenvalue weighted by atomic mass is 9.84. The van der Waals surface area contributed by atoms with Crippen LogP contribution in [0.15, 0.2) is 48.5 Å². The fourth-order valence-electron chi connectivity index (χ4n) is 5.41. The van der Waals surface area contributed by atoms with Gasteiger partial charge in [-0.2, -0.15) is 0 Å². The van der Waals surface area contributed by atoms with Gasteiger partial charge in [-0.25, -0.2) is 0 Å². The third kappa shape index (κ3) is 5.79. The number of amides is 1. The van der Waals surface area contributed by atoms with Gasteiger partial charge in [0.1, 0.15) is 11.6 Å². The third-order valence-corrected chi connectivity index (χ3v) is 7.20. The van der Waals surface area contributed by atoms with Crippen molar-refractivity contribution in [2.75, 3.05) is 11.4 Å². The van der Waals surface area contributed by atoms with Crippen molar-refractivity contribution < 1.29 is 9.53 Å². The summed E-state index contributed by atoms with van der Waals surface area (Å²) in [5.41, 5.74) is 8.35. The highest BCUT2D eigenvalue weighted by Crippen LogP contribution is 2.35. The fourth-order valence-corrected chi connectivity index (χ4v) is 5.41. The highest BCUT2D eigenvalue weighted by molar-refractivity contribution is 6.00. The molecule has 2 heterocycles. The highest BCUT2D eigenvalue weighted by Gasteiger charge is 2.34. The van der Waals surface area contributed by atoms with Gasteiger partial charge in [0.25, 0.3) is 5.91 Å². The number of piperidine rings is 1. The second-order valence-electron chi connectivity index (χ2n) is 10.2.